The fourth-order valence-electron chi connectivity index (χ4n) is 1.36. The largest absolute Gasteiger partial charge is 0.366 e. The SMILES string of the molecule is NC(=O)c1csc(CNCc2ccc(Cl)s2)c1. The van der Waals surface area contributed by atoms with Gasteiger partial charge in [-0.3, -0.25) is 4.79 Å². The molecule has 3 nitrogen and oxygen atoms in total. The minimum absolute atomic E-state index is 0.377. The van der Waals surface area contributed by atoms with Gasteiger partial charge in [0, 0.05) is 28.2 Å². The van der Waals surface area contributed by atoms with Crippen LogP contribution in [0, 0.1) is 0 Å². The van der Waals surface area contributed by atoms with Gasteiger partial charge in [0.15, 0.2) is 0 Å². The second-order valence-corrected chi connectivity index (χ2v) is 6.27. The molecule has 2 heterocycles. The van der Waals surface area contributed by atoms with Gasteiger partial charge in [0.1, 0.15) is 0 Å². The zero-order chi connectivity index (χ0) is 12.3. The highest BCUT2D eigenvalue weighted by atomic mass is 35.5. The summed E-state index contributed by atoms with van der Waals surface area (Å²) >= 11 is 8.93. The van der Waals surface area contributed by atoms with Gasteiger partial charge >= 0.3 is 0 Å². The molecular weight excluding hydrogens is 276 g/mol. The van der Waals surface area contributed by atoms with Gasteiger partial charge < -0.3 is 11.1 Å². The Labute approximate surface area is 112 Å². The summed E-state index contributed by atoms with van der Waals surface area (Å²) in [6.07, 6.45) is 0. The summed E-state index contributed by atoms with van der Waals surface area (Å²) in [6.45, 7) is 1.51. The van der Waals surface area contributed by atoms with Crippen molar-refractivity contribution >= 4 is 40.2 Å². The Balaban J connectivity index is 1.83. The fraction of sp³-hybridized carbons (Fsp3) is 0.182. The molecule has 3 N–H and O–H groups in total. The fourth-order valence-corrected chi connectivity index (χ4v) is 3.26. The molecule has 17 heavy (non-hydrogen) atoms. The van der Waals surface area contributed by atoms with Crippen molar-refractivity contribution in [3.63, 3.8) is 0 Å². The average molecular weight is 287 g/mol. The Morgan fingerprint density at radius 3 is 2.71 bits per heavy atom. The summed E-state index contributed by atoms with van der Waals surface area (Å²) in [7, 11) is 0. The monoisotopic (exact) mass is 286 g/mol. The predicted octanol–water partition coefficient (Wildman–Crippen LogP) is 2.85. The highest BCUT2D eigenvalue weighted by molar-refractivity contribution is 7.16. The molecule has 0 aliphatic rings. The van der Waals surface area contributed by atoms with Gasteiger partial charge in [-0.05, 0) is 18.2 Å². The minimum atomic E-state index is -0.377. The van der Waals surface area contributed by atoms with E-state index in [1.807, 2.05) is 18.2 Å². The molecule has 0 atom stereocenters. The van der Waals surface area contributed by atoms with Gasteiger partial charge in [-0.15, -0.1) is 22.7 Å². The number of thiophene rings is 2. The Kier molecular flexibility index (Phi) is 4.17. The van der Waals surface area contributed by atoms with Crippen LogP contribution in [-0.4, -0.2) is 5.91 Å². The predicted molar refractivity (Wildman–Crippen MR) is 72.7 cm³/mol. The molecule has 2 rings (SSSR count). The lowest BCUT2D eigenvalue weighted by Crippen LogP contribution is -2.11. The van der Waals surface area contributed by atoms with Crippen LogP contribution in [-0.2, 0) is 13.1 Å². The van der Waals surface area contributed by atoms with Gasteiger partial charge in [-0.25, -0.2) is 0 Å². The number of hydrogen-bond donors (Lipinski definition) is 2. The number of nitrogens with one attached hydrogen (secondary N) is 1. The highest BCUT2D eigenvalue weighted by Gasteiger charge is 2.04. The Morgan fingerprint density at radius 2 is 2.12 bits per heavy atom. The van der Waals surface area contributed by atoms with Gasteiger partial charge in [-0.2, -0.15) is 0 Å². The van der Waals surface area contributed by atoms with Crippen LogP contribution in [0.2, 0.25) is 4.34 Å². The maximum absolute atomic E-state index is 10.9. The van der Waals surface area contributed by atoms with Gasteiger partial charge in [0.2, 0.25) is 5.91 Å². The van der Waals surface area contributed by atoms with Gasteiger partial charge in [-0.1, -0.05) is 11.6 Å². The van der Waals surface area contributed by atoms with Crippen molar-refractivity contribution in [1.29, 1.82) is 0 Å². The highest BCUT2D eigenvalue weighted by Crippen LogP contribution is 2.21. The quantitative estimate of drug-likeness (QED) is 0.888. The van der Waals surface area contributed by atoms with Crippen LogP contribution in [0.1, 0.15) is 20.1 Å². The summed E-state index contributed by atoms with van der Waals surface area (Å²) in [5.41, 5.74) is 5.76. The van der Waals surface area contributed by atoms with Crippen molar-refractivity contribution in [2.24, 2.45) is 5.73 Å². The van der Waals surface area contributed by atoms with Crippen molar-refractivity contribution < 1.29 is 4.79 Å². The molecule has 0 bridgehead atoms. The third kappa shape index (κ3) is 3.54. The number of carbonyl (C=O) groups is 1. The molecule has 0 saturated carbocycles. The van der Waals surface area contributed by atoms with E-state index in [9.17, 15) is 4.79 Å². The molecule has 2 aromatic rings. The molecule has 6 heteroatoms. The molecule has 0 unspecified atom stereocenters. The van der Waals surface area contributed by atoms with E-state index in [1.54, 1.807) is 16.7 Å². The molecule has 0 aromatic carbocycles. The molecule has 90 valence electrons. The van der Waals surface area contributed by atoms with Crippen LogP contribution in [0.15, 0.2) is 23.6 Å². The topological polar surface area (TPSA) is 55.1 Å². The number of carbonyl (C=O) groups excluding carboxylic acids is 1. The molecule has 1 amide bonds. The van der Waals surface area contributed by atoms with Crippen molar-refractivity contribution in [1.82, 2.24) is 5.32 Å². The molecule has 0 fully saturated rings. The Bertz CT molecular complexity index is 521. The second-order valence-electron chi connectivity index (χ2n) is 3.48. The number of amides is 1. The van der Waals surface area contributed by atoms with E-state index in [0.717, 1.165) is 22.3 Å². The first-order chi connectivity index (χ1) is 8.15. The summed E-state index contributed by atoms with van der Waals surface area (Å²) in [6, 6.07) is 5.71. The zero-order valence-electron chi connectivity index (χ0n) is 8.90. The van der Waals surface area contributed by atoms with E-state index in [-0.39, 0.29) is 5.91 Å². The van der Waals surface area contributed by atoms with E-state index < -0.39 is 0 Å². The van der Waals surface area contributed by atoms with Crippen LogP contribution in [0.3, 0.4) is 0 Å². The zero-order valence-corrected chi connectivity index (χ0v) is 11.3. The van der Waals surface area contributed by atoms with E-state index in [0.29, 0.717) is 5.56 Å². The van der Waals surface area contributed by atoms with Crippen molar-refractivity contribution in [2.75, 3.05) is 0 Å². The van der Waals surface area contributed by atoms with Crippen LogP contribution in [0.25, 0.3) is 0 Å². The van der Waals surface area contributed by atoms with E-state index in [4.69, 9.17) is 17.3 Å². The molecule has 0 radical (unpaired) electrons. The first-order valence-electron chi connectivity index (χ1n) is 4.97. The number of primary amides is 1. The molecular formula is C11H11ClN2OS2. The standard InChI is InChI=1S/C11H11ClN2OS2/c12-10-2-1-8(17-10)4-14-5-9-3-7(6-16-9)11(13)15/h1-3,6,14H,4-5H2,(H2,13,15). The van der Waals surface area contributed by atoms with Crippen LogP contribution < -0.4 is 11.1 Å². The van der Waals surface area contributed by atoms with Gasteiger partial charge in [0.25, 0.3) is 0 Å². The lowest BCUT2D eigenvalue weighted by atomic mass is 10.3. The number of nitrogens with two attached hydrogens (primary N) is 1. The maximum atomic E-state index is 10.9. The first kappa shape index (κ1) is 12.6. The third-order valence-corrected chi connectivity index (χ3v) is 4.33. The minimum Gasteiger partial charge on any atom is -0.366 e. The van der Waals surface area contributed by atoms with Crippen molar-refractivity contribution in [3.05, 3.63) is 43.2 Å². The van der Waals surface area contributed by atoms with E-state index >= 15 is 0 Å². The number of hydrogen-bond acceptors (Lipinski definition) is 4. The average Bonchev–Trinajstić information content (AvgIpc) is 2.88. The molecule has 2 aromatic heterocycles. The summed E-state index contributed by atoms with van der Waals surface area (Å²) in [5.74, 6) is -0.377. The molecule has 0 spiro atoms. The smallest absolute Gasteiger partial charge is 0.249 e. The number of rotatable bonds is 5. The first-order valence-corrected chi connectivity index (χ1v) is 7.04. The lowest BCUT2D eigenvalue weighted by Gasteiger charge is -1.99. The van der Waals surface area contributed by atoms with Gasteiger partial charge in [0.05, 0.1) is 9.90 Å². The third-order valence-electron chi connectivity index (χ3n) is 2.17. The molecule has 0 aliphatic heterocycles. The van der Waals surface area contributed by atoms with Crippen LogP contribution in [0.5, 0.6) is 0 Å². The summed E-state index contributed by atoms with van der Waals surface area (Å²) in [5, 5.41) is 5.07. The van der Waals surface area contributed by atoms with Crippen molar-refractivity contribution in [2.45, 2.75) is 13.1 Å². The summed E-state index contributed by atoms with van der Waals surface area (Å²) in [4.78, 5) is 13.2. The second kappa shape index (κ2) is 5.64. The molecule has 0 aliphatic carbocycles. The Morgan fingerprint density at radius 1 is 1.35 bits per heavy atom. The molecule has 0 saturated heterocycles. The summed E-state index contributed by atoms with van der Waals surface area (Å²) < 4.78 is 0.800. The van der Waals surface area contributed by atoms with E-state index in [2.05, 4.69) is 5.32 Å². The van der Waals surface area contributed by atoms with Crippen molar-refractivity contribution in [3.8, 4) is 0 Å². The Hall–Kier alpha value is -0.880. The van der Waals surface area contributed by atoms with E-state index in [1.165, 1.54) is 16.2 Å². The normalized spacial score (nSPS) is 10.6. The number of halogens is 1. The van der Waals surface area contributed by atoms with Crippen LogP contribution in [0.4, 0.5) is 0 Å². The lowest BCUT2D eigenvalue weighted by molar-refractivity contribution is 0.100. The maximum Gasteiger partial charge on any atom is 0.249 e. The van der Waals surface area contributed by atoms with Crippen LogP contribution >= 0.6 is 34.3 Å².